The fourth-order valence-electron chi connectivity index (χ4n) is 6.07. The summed E-state index contributed by atoms with van der Waals surface area (Å²) >= 11 is 0. The number of benzene rings is 4. The molecular formula is C46H45F3N4O8. The van der Waals surface area contributed by atoms with E-state index in [0.29, 0.717) is 61.3 Å². The molecule has 0 fully saturated rings. The molecule has 1 atom stereocenters. The van der Waals surface area contributed by atoms with Gasteiger partial charge in [-0.2, -0.15) is 13.2 Å². The van der Waals surface area contributed by atoms with Crippen LogP contribution < -0.4 is 20.1 Å². The van der Waals surface area contributed by atoms with E-state index in [-0.39, 0.29) is 49.9 Å². The SMILES string of the molecule is C#CCCCC(=O)N(Cc1ccc(C(F)(F)F)cc1)C(COc1ccc(-c2cc(C(=O)O)no2)cc1)C(=O)NCCCCCC(=O)NCc1ccc(Oc2ccccc2)cc1. The summed E-state index contributed by atoms with van der Waals surface area (Å²) in [5, 5.41) is 18.4. The molecule has 0 radical (unpaired) electrons. The number of ether oxygens (including phenoxy) is 2. The van der Waals surface area contributed by atoms with Crippen LogP contribution in [0.2, 0.25) is 0 Å². The normalized spacial score (nSPS) is 11.5. The highest BCUT2D eigenvalue weighted by molar-refractivity contribution is 5.88. The molecule has 0 bridgehead atoms. The van der Waals surface area contributed by atoms with Gasteiger partial charge in [0.05, 0.1) is 5.56 Å². The van der Waals surface area contributed by atoms with Gasteiger partial charge in [-0.25, -0.2) is 4.79 Å². The predicted molar refractivity (Wildman–Crippen MR) is 219 cm³/mol. The van der Waals surface area contributed by atoms with Gasteiger partial charge >= 0.3 is 12.1 Å². The lowest BCUT2D eigenvalue weighted by Gasteiger charge is -2.31. The minimum Gasteiger partial charge on any atom is -0.491 e. The van der Waals surface area contributed by atoms with E-state index in [9.17, 15) is 32.3 Å². The summed E-state index contributed by atoms with van der Waals surface area (Å²) in [6, 6.07) is 27.6. The summed E-state index contributed by atoms with van der Waals surface area (Å²) in [7, 11) is 0. The summed E-state index contributed by atoms with van der Waals surface area (Å²) in [4.78, 5) is 52.6. The lowest BCUT2D eigenvalue weighted by atomic mass is 10.1. The van der Waals surface area contributed by atoms with Crippen LogP contribution in [0.15, 0.2) is 114 Å². The lowest BCUT2D eigenvalue weighted by Crippen LogP contribution is -2.52. The maximum absolute atomic E-state index is 13.9. The number of hydrogen-bond donors (Lipinski definition) is 3. The van der Waals surface area contributed by atoms with Gasteiger partial charge in [0.15, 0.2) is 11.5 Å². The molecule has 3 amide bonds. The molecule has 5 aromatic rings. The van der Waals surface area contributed by atoms with Crippen LogP contribution in [0.4, 0.5) is 13.2 Å². The number of carbonyl (C=O) groups excluding carboxylic acids is 3. The minimum absolute atomic E-state index is 0.0190. The van der Waals surface area contributed by atoms with Crippen molar-refractivity contribution in [2.75, 3.05) is 13.2 Å². The quantitative estimate of drug-likeness (QED) is 0.0459. The average Bonchev–Trinajstić information content (AvgIpc) is 3.76. The van der Waals surface area contributed by atoms with Gasteiger partial charge in [-0.15, -0.1) is 12.3 Å². The third kappa shape index (κ3) is 14.3. The van der Waals surface area contributed by atoms with Gasteiger partial charge in [0.25, 0.3) is 0 Å². The molecule has 0 saturated heterocycles. The molecule has 1 aromatic heterocycles. The maximum atomic E-state index is 13.9. The number of carboxylic acids is 1. The minimum atomic E-state index is -4.56. The van der Waals surface area contributed by atoms with Gasteiger partial charge < -0.3 is 34.6 Å². The number of aromatic nitrogens is 1. The fraction of sp³-hybridized carbons (Fsp3) is 0.283. The van der Waals surface area contributed by atoms with Crippen molar-refractivity contribution in [3.8, 4) is 40.9 Å². The Morgan fingerprint density at radius 2 is 1.48 bits per heavy atom. The summed E-state index contributed by atoms with van der Waals surface area (Å²) in [5.41, 5.74) is 0.661. The molecule has 0 aliphatic heterocycles. The Bertz CT molecular complexity index is 2240. The third-order valence-corrected chi connectivity index (χ3v) is 9.39. The third-order valence-electron chi connectivity index (χ3n) is 9.39. The zero-order valence-corrected chi connectivity index (χ0v) is 33.2. The molecule has 15 heteroatoms. The van der Waals surface area contributed by atoms with E-state index in [1.807, 2.05) is 54.6 Å². The molecule has 318 valence electrons. The molecule has 3 N–H and O–H groups in total. The highest BCUT2D eigenvalue weighted by Gasteiger charge is 2.32. The van der Waals surface area contributed by atoms with Gasteiger partial charge in [0.2, 0.25) is 17.7 Å². The number of carboxylic acid groups (broad SMARTS) is 1. The Hall–Kier alpha value is -7.08. The van der Waals surface area contributed by atoms with E-state index >= 15 is 0 Å². The van der Waals surface area contributed by atoms with E-state index in [0.717, 1.165) is 23.4 Å². The van der Waals surface area contributed by atoms with Crippen LogP contribution in [0.5, 0.6) is 17.2 Å². The number of nitrogens with one attached hydrogen (secondary N) is 2. The van der Waals surface area contributed by atoms with Crippen molar-refractivity contribution in [2.45, 2.75) is 70.3 Å². The lowest BCUT2D eigenvalue weighted by molar-refractivity contribution is -0.142. The number of rotatable bonds is 22. The molecule has 0 aliphatic carbocycles. The molecule has 61 heavy (non-hydrogen) atoms. The van der Waals surface area contributed by atoms with Crippen LogP contribution >= 0.6 is 0 Å². The number of unbranched alkanes of at least 4 members (excludes halogenated alkanes) is 3. The number of amides is 3. The molecule has 4 aromatic carbocycles. The predicted octanol–water partition coefficient (Wildman–Crippen LogP) is 8.42. The van der Waals surface area contributed by atoms with Gasteiger partial charge in [-0.05, 0) is 91.1 Å². The van der Waals surface area contributed by atoms with Gasteiger partial charge in [0, 0.05) is 50.5 Å². The Kier molecular flexibility index (Phi) is 16.5. The number of terminal acetylenes is 1. The first-order valence-corrected chi connectivity index (χ1v) is 19.6. The second-order valence-corrected chi connectivity index (χ2v) is 13.9. The van der Waals surface area contributed by atoms with Crippen LogP contribution in [0.1, 0.15) is 72.1 Å². The molecule has 0 aliphatic rings. The summed E-state index contributed by atoms with van der Waals surface area (Å²) in [5.74, 6) is 2.04. The molecule has 5 rings (SSSR count). The second-order valence-electron chi connectivity index (χ2n) is 13.9. The Morgan fingerprint density at radius 3 is 2.13 bits per heavy atom. The van der Waals surface area contributed by atoms with Gasteiger partial charge in [-0.3, -0.25) is 14.4 Å². The standard InChI is InChI=1S/C46H45F3N4O8/c1-2-3-6-14-43(55)53(30-33-15-21-35(22-16-33)46(47,48)49)40(31-59-36-25-19-34(20-26-36)41-28-39(45(57)58)52-61-41)44(56)50-27-10-5-9-13-42(54)51-29-32-17-23-38(24-18-32)60-37-11-7-4-8-12-37/h1,4,7-8,11-12,15-26,28,40H,3,5-6,9-10,13-14,27,29-31H2,(H,50,56)(H,51,54)(H,57,58). The number of para-hydroxylation sites is 1. The van der Waals surface area contributed by atoms with Crippen LogP contribution in [0.25, 0.3) is 11.3 Å². The van der Waals surface area contributed by atoms with Gasteiger partial charge in [0.1, 0.15) is 29.9 Å². The van der Waals surface area contributed by atoms with E-state index in [1.165, 1.54) is 23.1 Å². The number of aromatic carboxylic acids is 1. The van der Waals surface area contributed by atoms with Crippen molar-refractivity contribution in [3.63, 3.8) is 0 Å². The topological polar surface area (TPSA) is 160 Å². The molecule has 12 nitrogen and oxygen atoms in total. The van der Waals surface area contributed by atoms with Crippen LogP contribution in [-0.2, 0) is 33.6 Å². The van der Waals surface area contributed by atoms with Crippen molar-refractivity contribution in [3.05, 3.63) is 132 Å². The average molecular weight is 839 g/mol. The van der Waals surface area contributed by atoms with Crippen molar-refractivity contribution in [1.29, 1.82) is 0 Å². The number of alkyl halides is 3. The first-order valence-electron chi connectivity index (χ1n) is 19.6. The molecule has 0 saturated carbocycles. The van der Waals surface area contributed by atoms with Gasteiger partial charge in [-0.1, -0.05) is 54.0 Å². The fourth-order valence-corrected chi connectivity index (χ4v) is 6.07. The monoisotopic (exact) mass is 838 g/mol. The largest absolute Gasteiger partial charge is 0.491 e. The Labute approximate surface area is 351 Å². The number of nitrogens with zero attached hydrogens (tertiary/aromatic N) is 2. The highest BCUT2D eigenvalue weighted by Crippen LogP contribution is 2.30. The van der Waals surface area contributed by atoms with Crippen LogP contribution in [-0.4, -0.2) is 58.0 Å². The van der Waals surface area contributed by atoms with Crippen molar-refractivity contribution in [2.24, 2.45) is 0 Å². The first kappa shape index (κ1) is 45.0. The zero-order chi connectivity index (χ0) is 43.6. The summed E-state index contributed by atoms with van der Waals surface area (Å²) in [6.45, 7) is 0.0677. The Morgan fingerprint density at radius 1 is 0.803 bits per heavy atom. The molecule has 1 unspecified atom stereocenters. The zero-order valence-electron chi connectivity index (χ0n) is 33.2. The smallest absolute Gasteiger partial charge is 0.416 e. The van der Waals surface area contributed by atoms with E-state index < -0.39 is 35.6 Å². The number of hydrogen-bond acceptors (Lipinski definition) is 8. The maximum Gasteiger partial charge on any atom is 0.416 e. The van der Waals surface area contributed by atoms with E-state index in [1.54, 1.807) is 24.3 Å². The summed E-state index contributed by atoms with van der Waals surface area (Å²) < 4.78 is 56.9. The van der Waals surface area contributed by atoms with Crippen molar-refractivity contribution in [1.82, 2.24) is 20.7 Å². The Balaban J connectivity index is 1.18. The number of halogens is 3. The summed E-state index contributed by atoms with van der Waals surface area (Å²) in [6.07, 6.45) is 3.44. The number of carbonyl (C=O) groups is 4. The van der Waals surface area contributed by atoms with Crippen LogP contribution in [0, 0.1) is 12.3 Å². The molecule has 1 heterocycles. The van der Waals surface area contributed by atoms with Crippen molar-refractivity contribution < 1.29 is 51.5 Å². The first-order chi connectivity index (χ1) is 29.4. The highest BCUT2D eigenvalue weighted by atomic mass is 19.4. The van der Waals surface area contributed by atoms with E-state index in [2.05, 4.69) is 21.7 Å². The molecule has 0 spiro atoms. The second kappa shape index (κ2) is 22.3. The molecular weight excluding hydrogens is 794 g/mol. The van der Waals surface area contributed by atoms with Crippen molar-refractivity contribution >= 4 is 23.7 Å². The van der Waals surface area contributed by atoms with Crippen LogP contribution in [0.3, 0.4) is 0 Å². The van der Waals surface area contributed by atoms with E-state index in [4.69, 9.17) is 25.5 Å².